The number of ether oxygens (including phenoxy) is 1. The van der Waals surface area contributed by atoms with Crippen LogP contribution >= 0.6 is 0 Å². The van der Waals surface area contributed by atoms with Crippen molar-refractivity contribution in [1.82, 2.24) is 34.7 Å². The Balaban J connectivity index is 1.36. The second kappa shape index (κ2) is 7.83. The van der Waals surface area contributed by atoms with Crippen LogP contribution in [0.4, 0.5) is 5.95 Å². The highest BCUT2D eigenvalue weighted by Crippen LogP contribution is 2.27. The van der Waals surface area contributed by atoms with Crippen LogP contribution in [0.2, 0.25) is 0 Å². The second-order valence-corrected chi connectivity index (χ2v) is 7.79. The molecule has 1 aliphatic rings. The minimum Gasteiger partial charge on any atom is -0.381 e. The standard InChI is InChI=1S/C21H24N8O/c1-14-3-2-4-17-19(14)23-21(22)24-20(17)18-13-29(27-25-18)12-16-5-8-28(26-16)11-15-6-9-30-10-7-15/h2-5,8,13,15H,6-7,9-12H2,1H3,(H2,22,23,24). The van der Waals surface area contributed by atoms with Crippen LogP contribution in [-0.4, -0.2) is 48.0 Å². The topological polar surface area (TPSA) is 110 Å². The molecule has 0 radical (unpaired) electrons. The quantitative estimate of drug-likeness (QED) is 0.544. The van der Waals surface area contributed by atoms with Crippen molar-refractivity contribution in [2.45, 2.75) is 32.9 Å². The highest BCUT2D eigenvalue weighted by Gasteiger charge is 2.16. The number of aromatic nitrogens is 7. The molecule has 5 rings (SSSR count). The maximum absolute atomic E-state index is 5.94. The summed E-state index contributed by atoms with van der Waals surface area (Å²) in [6.45, 7) is 5.18. The van der Waals surface area contributed by atoms with Gasteiger partial charge in [-0.3, -0.25) is 4.68 Å². The number of para-hydroxylation sites is 1. The monoisotopic (exact) mass is 404 g/mol. The first-order chi connectivity index (χ1) is 14.7. The van der Waals surface area contributed by atoms with Crippen LogP contribution in [0.15, 0.2) is 36.7 Å². The average molecular weight is 404 g/mol. The van der Waals surface area contributed by atoms with Gasteiger partial charge < -0.3 is 10.5 Å². The molecule has 0 bridgehead atoms. The van der Waals surface area contributed by atoms with Crippen LogP contribution in [0.5, 0.6) is 0 Å². The summed E-state index contributed by atoms with van der Waals surface area (Å²) in [6.07, 6.45) is 6.10. The minimum absolute atomic E-state index is 0.230. The van der Waals surface area contributed by atoms with Crippen LogP contribution < -0.4 is 5.73 Å². The number of hydrogen-bond acceptors (Lipinski definition) is 7. The molecule has 154 valence electrons. The van der Waals surface area contributed by atoms with E-state index in [1.54, 1.807) is 4.68 Å². The van der Waals surface area contributed by atoms with Gasteiger partial charge in [0.15, 0.2) is 0 Å². The summed E-state index contributed by atoms with van der Waals surface area (Å²) in [5.41, 5.74) is 10.1. The van der Waals surface area contributed by atoms with Crippen molar-refractivity contribution >= 4 is 16.9 Å². The summed E-state index contributed by atoms with van der Waals surface area (Å²) in [5, 5.41) is 14.2. The van der Waals surface area contributed by atoms with Gasteiger partial charge in [0.25, 0.3) is 0 Å². The van der Waals surface area contributed by atoms with E-state index >= 15 is 0 Å². The van der Waals surface area contributed by atoms with Crippen LogP contribution in [0.1, 0.15) is 24.1 Å². The van der Waals surface area contributed by atoms with Gasteiger partial charge in [-0.15, -0.1) is 5.10 Å². The number of benzene rings is 1. The molecule has 0 unspecified atom stereocenters. The van der Waals surface area contributed by atoms with Gasteiger partial charge in [0.05, 0.1) is 24.0 Å². The molecule has 1 saturated heterocycles. The average Bonchev–Trinajstić information content (AvgIpc) is 3.39. The summed E-state index contributed by atoms with van der Waals surface area (Å²) < 4.78 is 9.23. The van der Waals surface area contributed by atoms with Gasteiger partial charge in [0, 0.05) is 31.3 Å². The smallest absolute Gasteiger partial charge is 0.221 e. The zero-order valence-electron chi connectivity index (χ0n) is 16.9. The highest BCUT2D eigenvalue weighted by atomic mass is 16.5. The summed E-state index contributed by atoms with van der Waals surface area (Å²) in [5.74, 6) is 0.859. The molecule has 30 heavy (non-hydrogen) atoms. The van der Waals surface area contributed by atoms with Crippen molar-refractivity contribution in [3.63, 3.8) is 0 Å². The summed E-state index contributed by atoms with van der Waals surface area (Å²) in [7, 11) is 0. The Morgan fingerprint density at radius 3 is 2.87 bits per heavy atom. The lowest BCUT2D eigenvalue weighted by atomic mass is 10.0. The Bertz CT molecular complexity index is 1170. The fourth-order valence-electron chi connectivity index (χ4n) is 3.94. The predicted molar refractivity (Wildman–Crippen MR) is 113 cm³/mol. The van der Waals surface area contributed by atoms with Gasteiger partial charge in [0.1, 0.15) is 11.4 Å². The molecular weight excluding hydrogens is 380 g/mol. The largest absolute Gasteiger partial charge is 0.381 e. The van der Waals surface area contributed by atoms with Gasteiger partial charge in [0.2, 0.25) is 5.95 Å². The maximum Gasteiger partial charge on any atom is 0.221 e. The van der Waals surface area contributed by atoms with Gasteiger partial charge >= 0.3 is 0 Å². The molecule has 3 aromatic heterocycles. The molecule has 1 aliphatic heterocycles. The molecule has 4 aromatic rings. The Morgan fingerprint density at radius 1 is 1.13 bits per heavy atom. The fourth-order valence-corrected chi connectivity index (χ4v) is 3.94. The van der Waals surface area contributed by atoms with Crippen molar-refractivity contribution in [2.24, 2.45) is 5.92 Å². The van der Waals surface area contributed by atoms with Crippen molar-refractivity contribution in [1.29, 1.82) is 0 Å². The third-order valence-electron chi connectivity index (χ3n) is 5.53. The molecule has 9 nitrogen and oxygen atoms in total. The third kappa shape index (κ3) is 3.76. The molecule has 9 heteroatoms. The first-order valence-corrected chi connectivity index (χ1v) is 10.2. The molecular formula is C21H24N8O. The van der Waals surface area contributed by atoms with Crippen molar-refractivity contribution < 1.29 is 4.74 Å². The normalized spacial score (nSPS) is 15.1. The third-order valence-corrected chi connectivity index (χ3v) is 5.53. The predicted octanol–water partition coefficient (Wildman–Crippen LogP) is 2.45. The molecule has 0 spiro atoms. The van der Waals surface area contributed by atoms with Crippen LogP contribution in [0, 0.1) is 12.8 Å². The number of anilines is 1. The molecule has 0 saturated carbocycles. The maximum atomic E-state index is 5.94. The highest BCUT2D eigenvalue weighted by molar-refractivity contribution is 5.93. The van der Waals surface area contributed by atoms with Crippen LogP contribution in [0.25, 0.3) is 22.3 Å². The lowest BCUT2D eigenvalue weighted by Crippen LogP contribution is -2.20. The van der Waals surface area contributed by atoms with E-state index < -0.39 is 0 Å². The lowest BCUT2D eigenvalue weighted by molar-refractivity contribution is 0.0601. The van der Waals surface area contributed by atoms with Gasteiger partial charge in [-0.1, -0.05) is 23.4 Å². The number of fused-ring (bicyclic) bond motifs is 1. The van der Waals surface area contributed by atoms with E-state index in [1.807, 2.05) is 48.3 Å². The second-order valence-electron chi connectivity index (χ2n) is 7.79. The van der Waals surface area contributed by atoms with Crippen molar-refractivity contribution in [3.05, 3.63) is 47.9 Å². The number of hydrogen-bond donors (Lipinski definition) is 1. The van der Waals surface area contributed by atoms with E-state index in [-0.39, 0.29) is 5.95 Å². The zero-order chi connectivity index (χ0) is 20.5. The number of nitrogen functional groups attached to an aromatic ring is 1. The molecule has 2 N–H and O–H groups in total. The van der Waals surface area contributed by atoms with E-state index in [0.717, 1.165) is 54.8 Å². The summed E-state index contributed by atoms with van der Waals surface area (Å²) in [4.78, 5) is 8.80. The van der Waals surface area contributed by atoms with E-state index in [4.69, 9.17) is 15.6 Å². The minimum atomic E-state index is 0.230. The number of rotatable bonds is 5. The Morgan fingerprint density at radius 2 is 2.00 bits per heavy atom. The lowest BCUT2D eigenvalue weighted by Gasteiger charge is -2.21. The SMILES string of the molecule is Cc1cccc2c(-c3cn(Cc4ccn(CC5CCOCC5)n4)nn3)nc(N)nc12. The Kier molecular flexibility index (Phi) is 4.88. The van der Waals surface area contributed by atoms with E-state index in [2.05, 4.69) is 20.3 Å². The van der Waals surface area contributed by atoms with E-state index in [1.165, 1.54) is 0 Å². The Hall–Kier alpha value is -3.33. The molecule has 0 aliphatic carbocycles. The number of aryl methyl sites for hydroxylation is 1. The fraction of sp³-hybridized carbons (Fsp3) is 0.381. The molecule has 1 aromatic carbocycles. The van der Waals surface area contributed by atoms with Crippen LogP contribution in [-0.2, 0) is 17.8 Å². The van der Waals surface area contributed by atoms with Crippen molar-refractivity contribution in [2.75, 3.05) is 18.9 Å². The Labute approximate surface area is 173 Å². The first-order valence-electron chi connectivity index (χ1n) is 10.2. The molecule has 0 amide bonds. The molecule has 1 fully saturated rings. The summed E-state index contributed by atoms with van der Waals surface area (Å²) in [6, 6.07) is 8.00. The van der Waals surface area contributed by atoms with Crippen molar-refractivity contribution in [3.8, 4) is 11.4 Å². The number of nitrogens with two attached hydrogens (primary N) is 1. The van der Waals surface area contributed by atoms with Gasteiger partial charge in [-0.05, 0) is 37.3 Å². The summed E-state index contributed by atoms with van der Waals surface area (Å²) >= 11 is 0. The first kappa shape index (κ1) is 18.7. The zero-order valence-corrected chi connectivity index (χ0v) is 16.9. The number of nitrogens with zero attached hydrogens (tertiary/aromatic N) is 7. The van der Waals surface area contributed by atoms with E-state index in [9.17, 15) is 0 Å². The molecule has 0 atom stereocenters. The van der Waals surface area contributed by atoms with E-state index in [0.29, 0.717) is 23.9 Å². The van der Waals surface area contributed by atoms with Gasteiger partial charge in [-0.2, -0.15) is 5.10 Å². The van der Waals surface area contributed by atoms with Gasteiger partial charge in [-0.25, -0.2) is 14.6 Å². The molecule has 4 heterocycles. The van der Waals surface area contributed by atoms with Crippen LogP contribution in [0.3, 0.4) is 0 Å².